The summed E-state index contributed by atoms with van der Waals surface area (Å²) in [6, 6.07) is 8.16. The Morgan fingerprint density at radius 2 is 2.10 bits per heavy atom. The molecule has 4 heterocycles. The van der Waals surface area contributed by atoms with E-state index in [0.717, 1.165) is 10.5 Å². The van der Waals surface area contributed by atoms with Crippen LogP contribution in [0.1, 0.15) is 5.56 Å². The van der Waals surface area contributed by atoms with Crippen LogP contribution in [-0.4, -0.2) is 59.2 Å². The van der Waals surface area contributed by atoms with Crippen molar-refractivity contribution < 1.29 is 13.9 Å². The van der Waals surface area contributed by atoms with Gasteiger partial charge in [-0.2, -0.15) is 5.26 Å². The van der Waals surface area contributed by atoms with E-state index in [-0.39, 0.29) is 24.0 Å². The number of carbonyl (C=O) groups is 1. The smallest absolute Gasteiger partial charge is 0.317 e. The van der Waals surface area contributed by atoms with Gasteiger partial charge in [-0.1, -0.05) is 0 Å². The van der Waals surface area contributed by atoms with Crippen LogP contribution in [0.25, 0.3) is 10.2 Å². The Labute approximate surface area is 175 Å². The molecule has 1 aromatic carbocycles. The molecule has 1 N–H and O–H groups in total. The third-order valence-corrected chi connectivity index (χ3v) is 5.98. The Morgan fingerprint density at radius 3 is 2.90 bits per heavy atom. The van der Waals surface area contributed by atoms with Gasteiger partial charge in [-0.05, 0) is 18.2 Å². The number of hydrogen-bond donors (Lipinski definition) is 1. The molecule has 2 aromatic heterocycles. The van der Waals surface area contributed by atoms with E-state index in [1.165, 1.54) is 23.5 Å². The molecule has 0 aliphatic carbocycles. The fraction of sp³-hybridized carbons (Fsp3) is 0.300. The van der Waals surface area contributed by atoms with E-state index in [4.69, 9.17) is 10.00 Å². The van der Waals surface area contributed by atoms with E-state index in [1.807, 2.05) is 4.90 Å². The van der Waals surface area contributed by atoms with E-state index in [0.29, 0.717) is 43.0 Å². The molecule has 0 radical (unpaired) electrons. The second-order valence-corrected chi connectivity index (χ2v) is 8.20. The van der Waals surface area contributed by atoms with Gasteiger partial charge in [-0.3, -0.25) is 0 Å². The molecule has 30 heavy (non-hydrogen) atoms. The van der Waals surface area contributed by atoms with Crippen molar-refractivity contribution >= 4 is 33.4 Å². The number of nitriles is 1. The van der Waals surface area contributed by atoms with Gasteiger partial charge in [0, 0.05) is 25.4 Å². The fourth-order valence-electron chi connectivity index (χ4n) is 3.53. The molecular weight excluding hydrogens is 407 g/mol. The van der Waals surface area contributed by atoms with Crippen LogP contribution in [0, 0.1) is 17.1 Å². The van der Waals surface area contributed by atoms with Gasteiger partial charge in [0.05, 0.1) is 41.0 Å². The molecule has 5 rings (SSSR count). The van der Waals surface area contributed by atoms with Crippen molar-refractivity contribution in [3.8, 4) is 11.8 Å². The van der Waals surface area contributed by atoms with Crippen molar-refractivity contribution in [1.29, 1.82) is 5.26 Å². The van der Waals surface area contributed by atoms with Crippen LogP contribution in [0.5, 0.6) is 5.75 Å². The average Bonchev–Trinajstić information content (AvgIpc) is 3.15. The number of fused-ring (bicyclic) bond motifs is 1. The summed E-state index contributed by atoms with van der Waals surface area (Å²) in [6.45, 7) is 2.17. The van der Waals surface area contributed by atoms with Crippen LogP contribution in [0.3, 0.4) is 0 Å². The highest BCUT2D eigenvalue weighted by Gasteiger charge is 2.36. The predicted molar refractivity (Wildman–Crippen MR) is 109 cm³/mol. The van der Waals surface area contributed by atoms with Gasteiger partial charge in [-0.15, -0.1) is 11.3 Å². The number of hydrogen-bond acceptors (Lipinski definition) is 7. The summed E-state index contributed by atoms with van der Waals surface area (Å²) in [4.78, 5) is 24.6. The fourth-order valence-corrected chi connectivity index (χ4v) is 4.25. The molecule has 0 saturated carbocycles. The molecule has 0 bridgehead atoms. The Hall–Kier alpha value is -3.45. The molecule has 0 spiro atoms. The van der Waals surface area contributed by atoms with E-state index < -0.39 is 0 Å². The first-order chi connectivity index (χ1) is 14.6. The molecule has 2 aliphatic rings. The summed E-state index contributed by atoms with van der Waals surface area (Å²) in [5, 5.41) is 12.0. The number of amides is 2. The van der Waals surface area contributed by atoms with Crippen LogP contribution >= 0.6 is 11.3 Å². The van der Waals surface area contributed by atoms with Crippen molar-refractivity contribution in [2.24, 2.45) is 0 Å². The van der Waals surface area contributed by atoms with Crippen molar-refractivity contribution in [2.75, 3.05) is 31.1 Å². The normalized spacial score (nSPS) is 16.7. The van der Waals surface area contributed by atoms with Gasteiger partial charge in [-0.25, -0.2) is 19.2 Å². The highest BCUT2D eigenvalue weighted by Crippen LogP contribution is 2.30. The summed E-state index contributed by atoms with van der Waals surface area (Å²) in [5.74, 6) is 0.790. The number of pyridine rings is 1. The second kappa shape index (κ2) is 7.42. The lowest BCUT2D eigenvalue weighted by molar-refractivity contribution is 0.0438. The van der Waals surface area contributed by atoms with Crippen LogP contribution in [0.15, 0.2) is 36.0 Å². The summed E-state index contributed by atoms with van der Waals surface area (Å²) in [6.07, 6.45) is 1.43. The van der Waals surface area contributed by atoms with Crippen LogP contribution < -0.4 is 15.0 Å². The number of urea groups is 1. The number of carbonyl (C=O) groups excluding carboxylic acids is 1. The minimum atomic E-state index is -0.361. The standard InChI is InChI=1S/C20H17FN6O2S/c21-13-4-16(19-17(5-13)30-11-24-19)29-15-9-27(10-15)20(28)25-14-7-26(8-14)18-3-12(6-22)1-2-23-18/h1-5,11,14-15H,7-10H2,(H,25,28). The largest absolute Gasteiger partial charge is 0.484 e. The maximum absolute atomic E-state index is 13.7. The quantitative estimate of drug-likeness (QED) is 0.691. The first-order valence-corrected chi connectivity index (χ1v) is 10.3. The molecule has 0 atom stereocenters. The number of nitrogens with zero attached hydrogens (tertiary/aromatic N) is 5. The summed E-state index contributed by atoms with van der Waals surface area (Å²) in [5.41, 5.74) is 2.87. The van der Waals surface area contributed by atoms with E-state index >= 15 is 0 Å². The van der Waals surface area contributed by atoms with Crippen molar-refractivity contribution in [3.05, 3.63) is 47.4 Å². The third-order valence-electron chi connectivity index (χ3n) is 5.20. The van der Waals surface area contributed by atoms with Crippen molar-refractivity contribution in [3.63, 3.8) is 0 Å². The first-order valence-electron chi connectivity index (χ1n) is 9.45. The molecule has 152 valence electrons. The number of aromatic nitrogens is 2. The lowest BCUT2D eigenvalue weighted by atomic mass is 10.1. The van der Waals surface area contributed by atoms with E-state index in [2.05, 4.69) is 21.4 Å². The molecule has 10 heteroatoms. The molecule has 2 saturated heterocycles. The number of halogens is 1. The van der Waals surface area contributed by atoms with Crippen LogP contribution in [0.2, 0.25) is 0 Å². The van der Waals surface area contributed by atoms with Crippen molar-refractivity contribution in [2.45, 2.75) is 12.1 Å². The number of ether oxygens (including phenoxy) is 1. The molecular formula is C20H17FN6O2S. The van der Waals surface area contributed by atoms with Gasteiger partial charge in [0.25, 0.3) is 0 Å². The molecule has 8 nitrogen and oxygen atoms in total. The predicted octanol–water partition coefficient (Wildman–Crippen LogP) is 2.36. The van der Waals surface area contributed by atoms with Gasteiger partial charge < -0.3 is 19.9 Å². The Balaban J connectivity index is 1.10. The zero-order valence-corrected chi connectivity index (χ0v) is 16.6. The minimum absolute atomic E-state index is 0.0304. The van der Waals surface area contributed by atoms with Crippen LogP contribution in [0.4, 0.5) is 15.0 Å². The van der Waals surface area contributed by atoms with Gasteiger partial charge in [0.15, 0.2) is 0 Å². The molecule has 2 aliphatic heterocycles. The molecule has 2 fully saturated rings. The monoisotopic (exact) mass is 424 g/mol. The topological polar surface area (TPSA) is 94.4 Å². The van der Waals surface area contributed by atoms with Gasteiger partial charge >= 0.3 is 6.03 Å². The maximum atomic E-state index is 13.7. The zero-order chi connectivity index (χ0) is 20.7. The number of thiazole rings is 1. The molecule has 2 amide bonds. The summed E-state index contributed by atoms with van der Waals surface area (Å²) >= 11 is 1.36. The minimum Gasteiger partial charge on any atom is -0.484 e. The Kier molecular flexibility index (Phi) is 4.59. The Morgan fingerprint density at radius 1 is 1.27 bits per heavy atom. The van der Waals surface area contributed by atoms with Gasteiger partial charge in [0.2, 0.25) is 0 Å². The second-order valence-electron chi connectivity index (χ2n) is 7.31. The number of nitrogens with one attached hydrogen (secondary N) is 1. The number of likely N-dealkylation sites (tertiary alicyclic amines) is 1. The first kappa shape index (κ1) is 18.6. The number of benzene rings is 1. The van der Waals surface area contributed by atoms with Gasteiger partial charge in [0.1, 0.15) is 29.0 Å². The highest BCUT2D eigenvalue weighted by molar-refractivity contribution is 7.16. The summed E-state index contributed by atoms with van der Waals surface area (Å²) < 4.78 is 20.3. The highest BCUT2D eigenvalue weighted by atomic mass is 32.1. The average molecular weight is 424 g/mol. The maximum Gasteiger partial charge on any atom is 0.317 e. The Bertz CT molecular complexity index is 1150. The van der Waals surface area contributed by atoms with E-state index in [9.17, 15) is 9.18 Å². The van der Waals surface area contributed by atoms with Crippen molar-refractivity contribution in [1.82, 2.24) is 20.2 Å². The number of anilines is 1. The van der Waals surface area contributed by atoms with Crippen LogP contribution in [-0.2, 0) is 0 Å². The molecule has 0 unspecified atom stereocenters. The SMILES string of the molecule is N#Cc1ccnc(N2CC(NC(=O)N3CC(Oc4cc(F)cc5scnc45)C3)C2)c1. The lowest BCUT2D eigenvalue weighted by Crippen LogP contribution is -2.65. The summed E-state index contributed by atoms with van der Waals surface area (Å²) in [7, 11) is 0. The number of rotatable bonds is 4. The molecule has 3 aromatic rings. The van der Waals surface area contributed by atoms with E-state index in [1.54, 1.807) is 28.7 Å². The third kappa shape index (κ3) is 3.48. The lowest BCUT2D eigenvalue weighted by Gasteiger charge is -2.44. The zero-order valence-electron chi connectivity index (χ0n) is 15.8.